The standard InChI is InChI=1S/C19H22N2O3S/c1-5-9-24-16-8-7-14(10-17(16)23-6-2)18(22)21-19-15(11-20)12(3)13(4)25-19/h7-8,10H,5-6,9H2,1-4H3,(H,21,22). The van der Waals surface area contributed by atoms with E-state index in [9.17, 15) is 10.1 Å². The van der Waals surface area contributed by atoms with Crippen molar-refractivity contribution in [3.63, 3.8) is 0 Å². The van der Waals surface area contributed by atoms with Crippen molar-refractivity contribution >= 4 is 22.2 Å². The van der Waals surface area contributed by atoms with Gasteiger partial charge in [0.15, 0.2) is 11.5 Å². The van der Waals surface area contributed by atoms with Gasteiger partial charge in [0, 0.05) is 10.4 Å². The third-order valence-electron chi connectivity index (χ3n) is 3.69. The van der Waals surface area contributed by atoms with Gasteiger partial charge < -0.3 is 14.8 Å². The molecule has 0 unspecified atom stereocenters. The van der Waals surface area contributed by atoms with Crippen LogP contribution in [0.15, 0.2) is 18.2 Å². The molecular weight excluding hydrogens is 336 g/mol. The minimum Gasteiger partial charge on any atom is -0.490 e. The van der Waals surface area contributed by atoms with E-state index in [0.717, 1.165) is 16.9 Å². The minimum absolute atomic E-state index is 0.277. The summed E-state index contributed by atoms with van der Waals surface area (Å²) in [6.07, 6.45) is 0.891. The van der Waals surface area contributed by atoms with Crippen LogP contribution in [0.3, 0.4) is 0 Å². The lowest BCUT2D eigenvalue weighted by Gasteiger charge is -2.13. The molecule has 0 aliphatic heterocycles. The Kier molecular flexibility index (Phi) is 6.43. The van der Waals surface area contributed by atoms with Crippen molar-refractivity contribution in [1.29, 1.82) is 5.26 Å². The fourth-order valence-electron chi connectivity index (χ4n) is 2.27. The quantitative estimate of drug-likeness (QED) is 0.780. The van der Waals surface area contributed by atoms with Gasteiger partial charge >= 0.3 is 0 Å². The van der Waals surface area contributed by atoms with Crippen LogP contribution in [0.1, 0.15) is 46.6 Å². The van der Waals surface area contributed by atoms with Gasteiger partial charge in [-0.1, -0.05) is 6.92 Å². The Hall–Kier alpha value is -2.52. The highest BCUT2D eigenvalue weighted by molar-refractivity contribution is 7.16. The predicted octanol–water partition coefficient (Wildman–Crippen LogP) is 4.68. The number of anilines is 1. The molecule has 0 radical (unpaired) electrons. The third-order valence-corrected chi connectivity index (χ3v) is 4.81. The van der Waals surface area contributed by atoms with Crippen LogP contribution in [0.5, 0.6) is 11.5 Å². The van der Waals surface area contributed by atoms with Crippen LogP contribution < -0.4 is 14.8 Å². The summed E-state index contributed by atoms with van der Waals surface area (Å²) in [7, 11) is 0. The van der Waals surface area contributed by atoms with Crippen molar-refractivity contribution in [2.45, 2.75) is 34.1 Å². The van der Waals surface area contributed by atoms with Crippen molar-refractivity contribution in [1.82, 2.24) is 0 Å². The normalized spacial score (nSPS) is 10.2. The zero-order valence-corrected chi connectivity index (χ0v) is 15.8. The maximum Gasteiger partial charge on any atom is 0.256 e. The number of hydrogen-bond donors (Lipinski definition) is 1. The summed E-state index contributed by atoms with van der Waals surface area (Å²) in [5.74, 6) is 0.893. The number of nitrogens with one attached hydrogen (secondary N) is 1. The molecule has 1 aromatic heterocycles. The first-order chi connectivity index (χ1) is 12.0. The van der Waals surface area contributed by atoms with Gasteiger partial charge in [-0.2, -0.15) is 5.26 Å². The van der Waals surface area contributed by atoms with E-state index in [1.165, 1.54) is 11.3 Å². The number of nitrogens with zero attached hydrogens (tertiary/aromatic N) is 1. The molecule has 1 amide bonds. The fraction of sp³-hybridized carbons (Fsp3) is 0.368. The lowest BCUT2D eigenvalue weighted by atomic mass is 10.1. The SMILES string of the molecule is CCCOc1ccc(C(=O)Nc2sc(C)c(C)c2C#N)cc1OCC. The first-order valence-corrected chi connectivity index (χ1v) is 9.04. The van der Waals surface area contributed by atoms with E-state index in [1.54, 1.807) is 18.2 Å². The molecule has 0 bridgehead atoms. The Balaban J connectivity index is 2.26. The summed E-state index contributed by atoms with van der Waals surface area (Å²) in [5.41, 5.74) is 1.88. The summed E-state index contributed by atoms with van der Waals surface area (Å²) in [4.78, 5) is 13.6. The second-order valence-corrected chi connectivity index (χ2v) is 6.72. The number of carbonyl (C=O) groups is 1. The van der Waals surface area contributed by atoms with E-state index in [0.29, 0.717) is 40.8 Å². The molecule has 0 saturated carbocycles. The molecule has 0 aliphatic carbocycles. The minimum atomic E-state index is -0.277. The lowest BCUT2D eigenvalue weighted by Crippen LogP contribution is -2.12. The maximum absolute atomic E-state index is 12.6. The second kappa shape index (κ2) is 8.54. The molecule has 0 saturated heterocycles. The molecule has 2 rings (SSSR count). The molecule has 6 heteroatoms. The van der Waals surface area contributed by atoms with Crippen LogP contribution >= 0.6 is 11.3 Å². The average Bonchev–Trinajstić information content (AvgIpc) is 2.87. The molecule has 0 spiro atoms. The van der Waals surface area contributed by atoms with Crippen LogP contribution in [0.25, 0.3) is 0 Å². The van der Waals surface area contributed by atoms with Gasteiger partial charge in [0.2, 0.25) is 0 Å². The van der Waals surface area contributed by atoms with E-state index >= 15 is 0 Å². The monoisotopic (exact) mass is 358 g/mol. The van der Waals surface area contributed by atoms with Crippen molar-refractivity contribution in [2.24, 2.45) is 0 Å². The summed E-state index contributed by atoms with van der Waals surface area (Å²) in [6.45, 7) is 8.80. The number of thiophene rings is 1. The molecule has 25 heavy (non-hydrogen) atoms. The molecule has 5 nitrogen and oxygen atoms in total. The lowest BCUT2D eigenvalue weighted by molar-refractivity contribution is 0.102. The third kappa shape index (κ3) is 4.31. The number of carbonyl (C=O) groups excluding carboxylic acids is 1. The second-order valence-electron chi connectivity index (χ2n) is 5.50. The van der Waals surface area contributed by atoms with E-state index in [-0.39, 0.29) is 5.91 Å². The molecular formula is C19H22N2O3S. The number of nitriles is 1. The predicted molar refractivity (Wildman–Crippen MR) is 99.9 cm³/mol. The van der Waals surface area contributed by atoms with Crippen LogP contribution in [0.2, 0.25) is 0 Å². The van der Waals surface area contributed by atoms with Crippen LogP contribution in [-0.2, 0) is 0 Å². The Labute approximate surface area is 152 Å². The number of amides is 1. The van der Waals surface area contributed by atoms with Crippen LogP contribution in [0.4, 0.5) is 5.00 Å². The van der Waals surface area contributed by atoms with Crippen molar-refractivity contribution in [3.05, 3.63) is 39.8 Å². The summed E-state index contributed by atoms with van der Waals surface area (Å²) in [5, 5.41) is 12.7. The highest BCUT2D eigenvalue weighted by Gasteiger charge is 2.17. The average molecular weight is 358 g/mol. The van der Waals surface area contributed by atoms with Crippen LogP contribution in [0, 0.1) is 25.2 Å². The van der Waals surface area contributed by atoms with Crippen molar-refractivity contribution < 1.29 is 14.3 Å². The molecule has 1 aromatic carbocycles. The van der Waals surface area contributed by atoms with Gasteiger partial charge in [-0.05, 0) is 51.0 Å². The highest BCUT2D eigenvalue weighted by atomic mass is 32.1. The van der Waals surface area contributed by atoms with E-state index in [2.05, 4.69) is 11.4 Å². The zero-order valence-electron chi connectivity index (χ0n) is 14.9. The summed E-state index contributed by atoms with van der Waals surface area (Å²) in [6, 6.07) is 7.26. The smallest absolute Gasteiger partial charge is 0.256 e. The molecule has 2 aromatic rings. The van der Waals surface area contributed by atoms with E-state index in [4.69, 9.17) is 9.47 Å². The van der Waals surface area contributed by atoms with Gasteiger partial charge in [-0.15, -0.1) is 11.3 Å². The number of ether oxygens (including phenoxy) is 2. The summed E-state index contributed by atoms with van der Waals surface area (Å²) >= 11 is 1.41. The molecule has 1 heterocycles. The number of aryl methyl sites for hydroxylation is 1. The Morgan fingerprint density at radius 3 is 2.64 bits per heavy atom. The van der Waals surface area contributed by atoms with Crippen LogP contribution in [-0.4, -0.2) is 19.1 Å². The first kappa shape index (κ1) is 18.8. The molecule has 1 N–H and O–H groups in total. The zero-order chi connectivity index (χ0) is 18.4. The molecule has 0 fully saturated rings. The molecule has 132 valence electrons. The summed E-state index contributed by atoms with van der Waals surface area (Å²) < 4.78 is 11.2. The number of hydrogen-bond acceptors (Lipinski definition) is 5. The van der Waals surface area contributed by atoms with E-state index in [1.807, 2.05) is 27.7 Å². The Morgan fingerprint density at radius 2 is 2.00 bits per heavy atom. The van der Waals surface area contributed by atoms with E-state index < -0.39 is 0 Å². The van der Waals surface area contributed by atoms with Crippen molar-refractivity contribution in [2.75, 3.05) is 18.5 Å². The van der Waals surface area contributed by atoms with Gasteiger partial charge in [0.1, 0.15) is 11.1 Å². The Bertz CT molecular complexity index is 806. The first-order valence-electron chi connectivity index (χ1n) is 8.22. The molecule has 0 atom stereocenters. The Morgan fingerprint density at radius 1 is 1.24 bits per heavy atom. The van der Waals surface area contributed by atoms with Gasteiger partial charge in [0.25, 0.3) is 5.91 Å². The maximum atomic E-state index is 12.6. The van der Waals surface area contributed by atoms with Crippen molar-refractivity contribution in [3.8, 4) is 17.6 Å². The largest absolute Gasteiger partial charge is 0.490 e. The van der Waals surface area contributed by atoms with Gasteiger partial charge in [-0.3, -0.25) is 4.79 Å². The number of rotatable bonds is 7. The van der Waals surface area contributed by atoms with Gasteiger partial charge in [0.05, 0.1) is 18.8 Å². The number of benzene rings is 1. The highest BCUT2D eigenvalue weighted by Crippen LogP contribution is 2.33. The topological polar surface area (TPSA) is 71.3 Å². The fourth-order valence-corrected chi connectivity index (χ4v) is 3.28. The molecule has 0 aliphatic rings. The van der Waals surface area contributed by atoms with Gasteiger partial charge in [-0.25, -0.2) is 0 Å².